The van der Waals surface area contributed by atoms with E-state index in [1.807, 2.05) is 0 Å². The Kier molecular flexibility index (Phi) is 3.80. The molecule has 4 heteroatoms. The molecule has 0 aromatic rings. The molecule has 3 aliphatic rings. The third-order valence-corrected chi connectivity index (χ3v) is 4.38. The summed E-state index contributed by atoms with van der Waals surface area (Å²) in [5.41, 5.74) is 3.13. The second-order valence-corrected chi connectivity index (χ2v) is 5.46. The molecule has 0 aromatic carbocycles. The van der Waals surface area contributed by atoms with Crippen LogP contribution in [0.15, 0.2) is 23.3 Å². The Hall–Kier alpha value is -0.680. The second kappa shape index (κ2) is 5.53. The summed E-state index contributed by atoms with van der Waals surface area (Å²) in [4.78, 5) is 4.94. The maximum Gasteiger partial charge on any atom is 0.0558 e. The van der Waals surface area contributed by atoms with E-state index in [9.17, 15) is 0 Å². The van der Waals surface area contributed by atoms with E-state index in [2.05, 4.69) is 27.3 Å². The number of nitrogens with zero attached hydrogens (tertiary/aromatic N) is 2. The zero-order valence-electron chi connectivity index (χ0n) is 10.9. The van der Waals surface area contributed by atoms with E-state index < -0.39 is 0 Å². The largest absolute Gasteiger partial charge is 0.395 e. The fourth-order valence-corrected chi connectivity index (χ4v) is 3.23. The Bertz CT molecular complexity index is 356. The highest BCUT2D eigenvalue weighted by atomic mass is 16.3. The Morgan fingerprint density at radius 1 is 1.22 bits per heavy atom. The molecule has 2 heterocycles. The van der Waals surface area contributed by atoms with Crippen LogP contribution in [-0.4, -0.2) is 73.4 Å². The van der Waals surface area contributed by atoms with Gasteiger partial charge in [-0.1, -0.05) is 17.7 Å². The number of hydrogen-bond acceptors (Lipinski definition) is 4. The fraction of sp³-hybridized carbons (Fsp3) is 0.714. The van der Waals surface area contributed by atoms with E-state index in [1.165, 1.54) is 12.0 Å². The van der Waals surface area contributed by atoms with Crippen LogP contribution < -0.4 is 5.32 Å². The van der Waals surface area contributed by atoms with E-state index in [4.69, 9.17) is 5.11 Å². The van der Waals surface area contributed by atoms with Crippen molar-refractivity contribution in [3.8, 4) is 0 Å². The predicted molar refractivity (Wildman–Crippen MR) is 72.5 cm³/mol. The molecule has 1 saturated heterocycles. The molecule has 1 fully saturated rings. The van der Waals surface area contributed by atoms with Gasteiger partial charge in [0, 0.05) is 51.9 Å². The van der Waals surface area contributed by atoms with Gasteiger partial charge in [-0.2, -0.15) is 0 Å². The first-order valence-electron chi connectivity index (χ1n) is 7.04. The quantitative estimate of drug-likeness (QED) is 0.728. The Morgan fingerprint density at radius 2 is 2.06 bits per heavy atom. The molecule has 0 amide bonds. The van der Waals surface area contributed by atoms with Crippen molar-refractivity contribution in [2.45, 2.75) is 12.5 Å². The molecule has 100 valence electrons. The molecule has 1 atom stereocenters. The summed E-state index contributed by atoms with van der Waals surface area (Å²) in [6, 6.07) is 0.597. The van der Waals surface area contributed by atoms with Crippen LogP contribution in [0.2, 0.25) is 0 Å². The normalized spacial score (nSPS) is 29.9. The van der Waals surface area contributed by atoms with E-state index in [0.29, 0.717) is 6.04 Å². The predicted octanol–water partition coefficient (Wildman–Crippen LogP) is -0.175. The minimum absolute atomic E-state index is 0.283. The Morgan fingerprint density at radius 3 is 2.83 bits per heavy atom. The third kappa shape index (κ3) is 2.52. The Balaban J connectivity index is 1.54. The summed E-state index contributed by atoms with van der Waals surface area (Å²) in [6.45, 7) is 7.70. The van der Waals surface area contributed by atoms with Gasteiger partial charge in [-0.05, 0) is 12.0 Å². The number of nitrogens with one attached hydrogen (secondary N) is 1. The van der Waals surface area contributed by atoms with Crippen LogP contribution in [-0.2, 0) is 0 Å². The highest BCUT2D eigenvalue weighted by Gasteiger charge is 2.26. The Labute approximate surface area is 109 Å². The van der Waals surface area contributed by atoms with E-state index in [0.717, 1.165) is 45.8 Å². The van der Waals surface area contributed by atoms with Gasteiger partial charge in [0.2, 0.25) is 0 Å². The van der Waals surface area contributed by atoms with Gasteiger partial charge in [0.1, 0.15) is 0 Å². The number of aliphatic hydroxyl groups is 1. The second-order valence-electron chi connectivity index (χ2n) is 5.46. The minimum atomic E-state index is 0.283. The van der Waals surface area contributed by atoms with E-state index >= 15 is 0 Å². The van der Waals surface area contributed by atoms with Crippen molar-refractivity contribution in [1.29, 1.82) is 0 Å². The number of hydrogen-bond donors (Lipinski definition) is 2. The van der Waals surface area contributed by atoms with Crippen molar-refractivity contribution in [3.05, 3.63) is 23.3 Å². The van der Waals surface area contributed by atoms with Gasteiger partial charge in [0.15, 0.2) is 0 Å². The summed E-state index contributed by atoms with van der Waals surface area (Å²) in [5, 5.41) is 12.4. The molecule has 0 radical (unpaired) electrons. The molecule has 0 aromatic heterocycles. The van der Waals surface area contributed by atoms with Crippen LogP contribution in [0.4, 0.5) is 0 Å². The lowest BCUT2D eigenvalue weighted by atomic mass is 9.95. The lowest BCUT2D eigenvalue weighted by Gasteiger charge is -2.39. The topological polar surface area (TPSA) is 38.7 Å². The van der Waals surface area contributed by atoms with Crippen LogP contribution in [0.25, 0.3) is 0 Å². The number of piperazine rings is 1. The number of aliphatic hydroxyl groups excluding tert-OH is 1. The van der Waals surface area contributed by atoms with Crippen LogP contribution in [0.3, 0.4) is 0 Å². The summed E-state index contributed by atoms with van der Waals surface area (Å²) >= 11 is 0. The van der Waals surface area contributed by atoms with Crippen LogP contribution >= 0.6 is 0 Å². The molecular weight excluding hydrogens is 226 g/mol. The average Bonchev–Trinajstić information content (AvgIpc) is 2.87. The highest BCUT2D eigenvalue weighted by Crippen LogP contribution is 2.25. The summed E-state index contributed by atoms with van der Waals surface area (Å²) < 4.78 is 0. The first-order valence-corrected chi connectivity index (χ1v) is 7.04. The molecule has 3 rings (SSSR count). The maximum atomic E-state index is 8.96. The van der Waals surface area contributed by atoms with Crippen molar-refractivity contribution in [2.75, 3.05) is 52.4 Å². The lowest BCUT2D eigenvalue weighted by molar-refractivity contribution is 0.0959. The molecule has 1 unspecified atom stereocenters. The zero-order valence-corrected chi connectivity index (χ0v) is 10.9. The minimum Gasteiger partial charge on any atom is -0.395 e. The highest BCUT2D eigenvalue weighted by molar-refractivity contribution is 5.37. The van der Waals surface area contributed by atoms with Gasteiger partial charge in [-0.25, -0.2) is 0 Å². The van der Waals surface area contributed by atoms with Gasteiger partial charge >= 0.3 is 0 Å². The van der Waals surface area contributed by atoms with E-state index in [-0.39, 0.29) is 6.61 Å². The van der Waals surface area contributed by atoms with Gasteiger partial charge in [0.05, 0.1) is 6.61 Å². The smallest absolute Gasteiger partial charge is 0.0558 e. The number of β-amino-alcohol motifs (C(OH)–C–C–N with tert-alkyl or cyclic N) is 1. The third-order valence-electron chi connectivity index (χ3n) is 4.38. The maximum absolute atomic E-state index is 8.96. The lowest BCUT2D eigenvalue weighted by Crippen LogP contribution is -2.50. The summed E-state index contributed by atoms with van der Waals surface area (Å²) in [7, 11) is 0. The van der Waals surface area contributed by atoms with E-state index in [1.54, 1.807) is 5.57 Å². The summed E-state index contributed by atoms with van der Waals surface area (Å²) in [6.07, 6.45) is 5.91. The first-order chi connectivity index (χ1) is 8.86. The molecule has 1 aliphatic carbocycles. The number of rotatable bonds is 3. The molecular formula is C14H23N3O. The monoisotopic (exact) mass is 249 g/mol. The molecule has 18 heavy (non-hydrogen) atoms. The molecule has 0 bridgehead atoms. The molecule has 2 aliphatic heterocycles. The van der Waals surface area contributed by atoms with Gasteiger partial charge < -0.3 is 10.4 Å². The molecule has 2 N–H and O–H groups in total. The van der Waals surface area contributed by atoms with Crippen molar-refractivity contribution >= 4 is 0 Å². The molecule has 4 nitrogen and oxygen atoms in total. The van der Waals surface area contributed by atoms with Gasteiger partial charge in [-0.3, -0.25) is 9.80 Å². The van der Waals surface area contributed by atoms with Crippen LogP contribution in [0.5, 0.6) is 0 Å². The van der Waals surface area contributed by atoms with Crippen LogP contribution in [0, 0.1) is 0 Å². The van der Waals surface area contributed by atoms with Crippen molar-refractivity contribution in [1.82, 2.24) is 15.1 Å². The van der Waals surface area contributed by atoms with Crippen molar-refractivity contribution < 1.29 is 5.11 Å². The summed E-state index contributed by atoms with van der Waals surface area (Å²) in [5.74, 6) is 0. The standard InChI is InChI=1S/C14H23N3O/c18-8-7-16-3-5-17(6-4-16)14-2-1-12-10-15-11-13(12)9-14/h1-2,14-15,18H,3-11H2. The zero-order chi connectivity index (χ0) is 12.4. The average molecular weight is 249 g/mol. The molecule has 0 saturated carbocycles. The first kappa shape index (κ1) is 12.4. The fourth-order valence-electron chi connectivity index (χ4n) is 3.23. The van der Waals surface area contributed by atoms with Gasteiger partial charge in [0.25, 0.3) is 0 Å². The van der Waals surface area contributed by atoms with Gasteiger partial charge in [-0.15, -0.1) is 0 Å². The SMILES string of the molecule is OCCN1CCN(C2C=CC3=C(CNC3)C2)CC1. The molecule has 0 spiro atoms. The van der Waals surface area contributed by atoms with Crippen molar-refractivity contribution in [3.63, 3.8) is 0 Å². The van der Waals surface area contributed by atoms with Crippen LogP contribution in [0.1, 0.15) is 6.42 Å². The van der Waals surface area contributed by atoms with Crippen molar-refractivity contribution in [2.24, 2.45) is 0 Å².